The van der Waals surface area contributed by atoms with Gasteiger partial charge in [0, 0.05) is 0 Å². The molecule has 0 amide bonds. The van der Waals surface area contributed by atoms with Crippen LogP contribution in [0.1, 0.15) is 16.1 Å². The Hall–Kier alpha value is -2.31. The zero-order chi connectivity index (χ0) is 13.3. The number of nitrogens with zero attached hydrogens (tertiary/aromatic N) is 1. The summed E-state index contributed by atoms with van der Waals surface area (Å²) in [6, 6.07) is 4.29. The van der Waals surface area contributed by atoms with Gasteiger partial charge in [0.2, 0.25) is 0 Å². The summed E-state index contributed by atoms with van der Waals surface area (Å²) in [7, 11) is 0. The maximum atomic E-state index is 12.5. The summed E-state index contributed by atoms with van der Waals surface area (Å²) < 4.78 is 42.0. The van der Waals surface area contributed by atoms with E-state index in [0.717, 1.165) is 18.3 Å². The molecule has 2 aromatic rings. The van der Waals surface area contributed by atoms with E-state index in [1.165, 1.54) is 12.1 Å². The summed E-state index contributed by atoms with van der Waals surface area (Å²) in [6.07, 6.45) is -3.42. The molecule has 4 nitrogen and oxygen atoms in total. The van der Waals surface area contributed by atoms with Crippen LogP contribution in [-0.2, 0) is 6.18 Å². The minimum atomic E-state index is -4.49. The van der Waals surface area contributed by atoms with Gasteiger partial charge in [0.25, 0.3) is 5.76 Å². The van der Waals surface area contributed by atoms with Crippen LogP contribution < -0.4 is 0 Å². The largest absolute Gasteiger partial charge is 0.475 e. The molecular formula is C11H6F3NO3. The first-order valence-electron chi connectivity index (χ1n) is 4.75. The highest BCUT2D eigenvalue weighted by atomic mass is 19.4. The fraction of sp³-hybridized carbons (Fsp3) is 0.0909. The molecule has 0 spiro atoms. The normalized spacial score (nSPS) is 11.5. The Morgan fingerprint density at radius 3 is 2.67 bits per heavy atom. The molecule has 1 heterocycles. The Labute approximate surface area is 98.6 Å². The lowest BCUT2D eigenvalue weighted by Gasteiger charge is -2.07. The predicted octanol–water partition coefficient (Wildman–Crippen LogP) is 3.06. The number of carboxylic acids is 1. The number of alkyl halides is 3. The Kier molecular flexibility index (Phi) is 2.82. The first-order valence-corrected chi connectivity index (χ1v) is 4.75. The van der Waals surface area contributed by atoms with Crippen LogP contribution in [0.5, 0.6) is 0 Å². The van der Waals surface area contributed by atoms with Gasteiger partial charge in [-0.25, -0.2) is 4.79 Å². The number of carbonyl (C=O) groups is 1. The van der Waals surface area contributed by atoms with Crippen molar-refractivity contribution < 1.29 is 27.6 Å². The molecule has 1 aromatic heterocycles. The Morgan fingerprint density at radius 2 is 2.06 bits per heavy atom. The summed E-state index contributed by atoms with van der Waals surface area (Å²) >= 11 is 0. The van der Waals surface area contributed by atoms with Gasteiger partial charge in [-0.05, 0) is 17.7 Å². The molecule has 0 aliphatic carbocycles. The number of halogens is 3. The molecule has 0 aliphatic heterocycles. The standard InChI is InChI=1S/C11H6F3NO3/c12-11(13,14)7-3-1-2-6(4-7)8-5-15-18-9(8)10(16)17/h1-5H,(H,16,17). The van der Waals surface area contributed by atoms with E-state index in [1.54, 1.807) is 0 Å². The second kappa shape index (κ2) is 4.17. The number of aromatic carboxylic acids is 1. The maximum Gasteiger partial charge on any atom is 0.416 e. The van der Waals surface area contributed by atoms with Crippen LogP contribution in [0, 0.1) is 0 Å². The van der Waals surface area contributed by atoms with Crippen LogP contribution in [0.3, 0.4) is 0 Å². The number of carboxylic acid groups (broad SMARTS) is 1. The minimum absolute atomic E-state index is 0.00796. The van der Waals surface area contributed by atoms with Gasteiger partial charge < -0.3 is 9.63 Å². The number of aromatic nitrogens is 1. The summed E-state index contributed by atoms with van der Waals surface area (Å²) in [5, 5.41) is 12.1. The van der Waals surface area contributed by atoms with E-state index in [2.05, 4.69) is 9.68 Å². The Morgan fingerprint density at radius 1 is 1.33 bits per heavy atom. The Bertz CT molecular complexity index is 589. The van der Waals surface area contributed by atoms with Crippen LogP contribution in [0.2, 0.25) is 0 Å². The zero-order valence-electron chi connectivity index (χ0n) is 8.73. The third kappa shape index (κ3) is 2.20. The van der Waals surface area contributed by atoms with Crippen molar-refractivity contribution in [2.75, 3.05) is 0 Å². The molecular weight excluding hydrogens is 251 g/mol. The number of hydrogen-bond acceptors (Lipinski definition) is 3. The van der Waals surface area contributed by atoms with Crippen molar-refractivity contribution in [1.82, 2.24) is 5.16 Å². The van der Waals surface area contributed by atoms with Gasteiger partial charge >= 0.3 is 12.1 Å². The van der Waals surface area contributed by atoms with Gasteiger partial charge in [-0.1, -0.05) is 17.3 Å². The molecule has 94 valence electrons. The monoisotopic (exact) mass is 257 g/mol. The second-order valence-electron chi connectivity index (χ2n) is 3.45. The molecule has 2 rings (SSSR count). The molecule has 18 heavy (non-hydrogen) atoms. The minimum Gasteiger partial charge on any atom is -0.475 e. The first-order chi connectivity index (χ1) is 8.39. The quantitative estimate of drug-likeness (QED) is 0.897. The van der Waals surface area contributed by atoms with Crippen molar-refractivity contribution in [2.45, 2.75) is 6.18 Å². The van der Waals surface area contributed by atoms with Crippen molar-refractivity contribution in [3.8, 4) is 11.1 Å². The van der Waals surface area contributed by atoms with E-state index >= 15 is 0 Å². The number of rotatable bonds is 2. The molecule has 0 radical (unpaired) electrons. The van der Waals surface area contributed by atoms with Gasteiger partial charge in [0.15, 0.2) is 0 Å². The van der Waals surface area contributed by atoms with Crippen molar-refractivity contribution in [1.29, 1.82) is 0 Å². The van der Waals surface area contributed by atoms with E-state index in [9.17, 15) is 18.0 Å². The van der Waals surface area contributed by atoms with Crippen LogP contribution >= 0.6 is 0 Å². The highest BCUT2D eigenvalue weighted by Crippen LogP contribution is 2.33. The molecule has 1 aromatic carbocycles. The average Bonchev–Trinajstić information content (AvgIpc) is 2.77. The second-order valence-corrected chi connectivity index (χ2v) is 3.45. The molecule has 0 unspecified atom stereocenters. The van der Waals surface area contributed by atoms with E-state index < -0.39 is 23.5 Å². The molecule has 0 fully saturated rings. The fourth-order valence-electron chi connectivity index (χ4n) is 1.46. The highest BCUT2D eigenvalue weighted by molar-refractivity contribution is 5.92. The van der Waals surface area contributed by atoms with Crippen molar-refractivity contribution >= 4 is 5.97 Å². The lowest BCUT2D eigenvalue weighted by Crippen LogP contribution is -2.04. The van der Waals surface area contributed by atoms with Crippen LogP contribution in [0.25, 0.3) is 11.1 Å². The van der Waals surface area contributed by atoms with Crippen molar-refractivity contribution in [2.24, 2.45) is 0 Å². The van der Waals surface area contributed by atoms with Gasteiger partial charge in [-0.3, -0.25) is 0 Å². The van der Waals surface area contributed by atoms with Crippen molar-refractivity contribution in [3.63, 3.8) is 0 Å². The molecule has 0 aliphatic rings. The van der Waals surface area contributed by atoms with Gasteiger partial charge in [-0.15, -0.1) is 0 Å². The zero-order valence-corrected chi connectivity index (χ0v) is 8.73. The predicted molar refractivity (Wildman–Crippen MR) is 53.9 cm³/mol. The summed E-state index contributed by atoms with van der Waals surface area (Å²) in [4.78, 5) is 10.8. The van der Waals surface area contributed by atoms with Crippen LogP contribution in [0.4, 0.5) is 13.2 Å². The number of hydrogen-bond donors (Lipinski definition) is 1. The summed E-state index contributed by atoms with van der Waals surface area (Å²) in [5.74, 6) is -1.88. The number of benzene rings is 1. The average molecular weight is 257 g/mol. The highest BCUT2D eigenvalue weighted by Gasteiger charge is 2.31. The molecule has 0 atom stereocenters. The van der Waals surface area contributed by atoms with Crippen molar-refractivity contribution in [3.05, 3.63) is 41.8 Å². The van der Waals surface area contributed by atoms with E-state index in [0.29, 0.717) is 0 Å². The van der Waals surface area contributed by atoms with Crippen LogP contribution in [-0.4, -0.2) is 16.2 Å². The smallest absolute Gasteiger partial charge is 0.416 e. The molecule has 0 saturated carbocycles. The van der Waals surface area contributed by atoms with Gasteiger partial charge in [0.1, 0.15) is 0 Å². The maximum absolute atomic E-state index is 12.5. The van der Waals surface area contributed by atoms with E-state index in [4.69, 9.17) is 5.11 Å². The topological polar surface area (TPSA) is 63.3 Å². The molecule has 0 bridgehead atoms. The van der Waals surface area contributed by atoms with E-state index in [-0.39, 0.29) is 11.1 Å². The molecule has 7 heteroatoms. The SMILES string of the molecule is O=C(O)c1oncc1-c1cccc(C(F)(F)F)c1. The Balaban J connectivity index is 2.52. The van der Waals surface area contributed by atoms with Gasteiger partial charge in [-0.2, -0.15) is 13.2 Å². The fourth-order valence-corrected chi connectivity index (χ4v) is 1.46. The molecule has 0 saturated heterocycles. The molecule has 1 N–H and O–H groups in total. The van der Waals surface area contributed by atoms with Gasteiger partial charge in [0.05, 0.1) is 17.3 Å². The van der Waals surface area contributed by atoms with E-state index in [1.807, 2.05) is 0 Å². The summed E-state index contributed by atoms with van der Waals surface area (Å²) in [6.45, 7) is 0. The third-order valence-electron chi connectivity index (χ3n) is 2.27. The summed E-state index contributed by atoms with van der Waals surface area (Å²) in [5.41, 5.74) is -0.769. The first kappa shape index (κ1) is 12.2. The van der Waals surface area contributed by atoms with Crippen LogP contribution in [0.15, 0.2) is 35.0 Å². The lowest BCUT2D eigenvalue weighted by atomic mass is 10.0. The lowest BCUT2D eigenvalue weighted by molar-refractivity contribution is -0.137. The third-order valence-corrected chi connectivity index (χ3v) is 2.27.